The lowest BCUT2D eigenvalue weighted by Crippen LogP contribution is -2.36. The Morgan fingerprint density at radius 1 is 1.03 bits per heavy atom. The number of alkyl halides is 2. The molecule has 0 aliphatic heterocycles. The van der Waals surface area contributed by atoms with Gasteiger partial charge in [-0.2, -0.15) is 8.78 Å². The summed E-state index contributed by atoms with van der Waals surface area (Å²) in [5.41, 5.74) is 2.73. The Labute approximate surface area is 169 Å². The molecule has 8 heteroatoms. The minimum absolute atomic E-state index is 0.0913. The summed E-state index contributed by atoms with van der Waals surface area (Å²) in [5.74, 6) is 1.18. The zero-order chi connectivity index (χ0) is 21.1. The molecule has 2 aromatic rings. The largest absolute Gasteiger partial charge is 0.497 e. The molecule has 0 radical (unpaired) electrons. The van der Waals surface area contributed by atoms with Gasteiger partial charge in [-0.3, -0.25) is 4.99 Å². The molecular weight excluding hydrogens is 380 g/mol. The van der Waals surface area contributed by atoms with Gasteiger partial charge in [0.2, 0.25) is 0 Å². The molecule has 0 atom stereocenters. The number of hydrogen-bond acceptors (Lipinski definition) is 4. The maximum Gasteiger partial charge on any atom is 0.387 e. The third-order valence-corrected chi connectivity index (χ3v) is 4.11. The monoisotopic (exact) mass is 407 g/mol. The number of aliphatic imine (C=N–C) groups is 1. The van der Waals surface area contributed by atoms with Crippen molar-refractivity contribution in [1.29, 1.82) is 0 Å². The van der Waals surface area contributed by atoms with E-state index in [0.717, 1.165) is 11.1 Å². The van der Waals surface area contributed by atoms with Gasteiger partial charge in [-0.1, -0.05) is 24.3 Å². The molecule has 2 N–H and O–H groups in total. The van der Waals surface area contributed by atoms with E-state index in [1.54, 1.807) is 19.2 Å². The highest BCUT2D eigenvalue weighted by molar-refractivity contribution is 5.79. The van der Waals surface area contributed by atoms with Crippen molar-refractivity contribution in [1.82, 2.24) is 10.6 Å². The van der Waals surface area contributed by atoms with Crippen molar-refractivity contribution < 1.29 is 23.0 Å². The predicted molar refractivity (Wildman–Crippen MR) is 108 cm³/mol. The second kappa shape index (κ2) is 11.9. The molecule has 158 valence electrons. The minimum Gasteiger partial charge on any atom is -0.497 e. The standard InChI is InChI=1S/C21H27F2N3O3/c1-4-28-14-16-7-5-15(6-8-16)12-25-21(24-2)26-13-17-11-18(27-3)9-10-19(17)29-20(22)23/h5-11,20H,4,12-14H2,1-3H3,(H2,24,25,26). The van der Waals surface area contributed by atoms with Crippen molar-refractivity contribution >= 4 is 5.96 Å². The van der Waals surface area contributed by atoms with E-state index in [4.69, 9.17) is 9.47 Å². The molecule has 0 amide bonds. The molecule has 29 heavy (non-hydrogen) atoms. The lowest BCUT2D eigenvalue weighted by Gasteiger charge is -2.15. The zero-order valence-electron chi connectivity index (χ0n) is 16.9. The third kappa shape index (κ3) is 7.57. The molecular formula is C21H27F2N3O3. The van der Waals surface area contributed by atoms with Crippen LogP contribution in [0.5, 0.6) is 11.5 Å². The molecule has 0 saturated carbocycles. The first-order chi connectivity index (χ1) is 14.0. The lowest BCUT2D eigenvalue weighted by molar-refractivity contribution is -0.0505. The number of nitrogens with one attached hydrogen (secondary N) is 2. The van der Waals surface area contributed by atoms with Crippen molar-refractivity contribution in [3.05, 3.63) is 59.2 Å². The lowest BCUT2D eigenvalue weighted by atomic mass is 10.1. The predicted octanol–water partition coefficient (Wildman–Crippen LogP) is 3.70. The smallest absolute Gasteiger partial charge is 0.387 e. The summed E-state index contributed by atoms with van der Waals surface area (Å²) in [6.45, 7) is 1.15. The summed E-state index contributed by atoms with van der Waals surface area (Å²) in [4.78, 5) is 4.16. The van der Waals surface area contributed by atoms with Crippen LogP contribution in [0.3, 0.4) is 0 Å². The number of rotatable bonds is 10. The molecule has 0 bridgehead atoms. The first-order valence-corrected chi connectivity index (χ1v) is 9.27. The molecule has 0 aliphatic rings. The van der Waals surface area contributed by atoms with Crippen molar-refractivity contribution in [2.45, 2.75) is 33.2 Å². The third-order valence-electron chi connectivity index (χ3n) is 4.11. The van der Waals surface area contributed by atoms with E-state index < -0.39 is 6.61 Å². The molecule has 6 nitrogen and oxygen atoms in total. The number of benzene rings is 2. The van der Waals surface area contributed by atoms with Crippen LogP contribution >= 0.6 is 0 Å². The van der Waals surface area contributed by atoms with E-state index in [-0.39, 0.29) is 12.3 Å². The summed E-state index contributed by atoms with van der Waals surface area (Å²) >= 11 is 0. The average Bonchev–Trinajstić information content (AvgIpc) is 2.73. The Bertz CT molecular complexity index is 783. The number of ether oxygens (including phenoxy) is 3. The van der Waals surface area contributed by atoms with Gasteiger partial charge in [-0.05, 0) is 36.2 Å². The normalized spacial score (nSPS) is 11.4. The van der Waals surface area contributed by atoms with Gasteiger partial charge in [0.15, 0.2) is 5.96 Å². The fourth-order valence-electron chi connectivity index (χ4n) is 2.59. The molecule has 0 aromatic heterocycles. The Hall–Kier alpha value is -2.87. The van der Waals surface area contributed by atoms with Crippen LogP contribution in [0.4, 0.5) is 8.78 Å². The summed E-state index contributed by atoms with van der Waals surface area (Å²) < 4.78 is 40.4. The van der Waals surface area contributed by atoms with Crippen LogP contribution in [0.1, 0.15) is 23.6 Å². The Morgan fingerprint density at radius 3 is 2.34 bits per heavy atom. The van der Waals surface area contributed by atoms with Gasteiger partial charge in [-0.15, -0.1) is 0 Å². The second-order valence-electron chi connectivity index (χ2n) is 6.09. The van der Waals surface area contributed by atoms with Crippen molar-refractivity contribution in [3.63, 3.8) is 0 Å². The second-order valence-corrected chi connectivity index (χ2v) is 6.09. The average molecular weight is 407 g/mol. The van der Waals surface area contributed by atoms with E-state index in [1.807, 2.05) is 31.2 Å². The first-order valence-electron chi connectivity index (χ1n) is 9.27. The minimum atomic E-state index is -2.90. The molecule has 0 saturated heterocycles. The van der Waals surface area contributed by atoms with E-state index in [0.29, 0.717) is 37.0 Å². The van der Waals surface area contributed by atoms with Crippen molar-refractivity contribution in [2.75, 3.05) is 20.8 Å². The van der Waals surface area contributed by atoms with Gasteiger partial charge in [0, 0.05) is 32.3 Å². The highest BCUT2D eigenvalue weighted by Gasteiger charge is 2.11. The van der Waals surface area contributed by atoms with Gasteiger partial charge >= 0.3 is 6.61 Å². The summed E-state index contributed by atoms with van der Waals surface area (Å²) in [6.07, 6.45) is 0. The van der Waals surface area contributed by atoms with E-state index in [9.17, 15) is 8.78 Å². The van der Waals surface area contributed by atoms with Crippen molar-refractivity contribution in [2.24, 2.45) is 4.99 Å². The van der Waals surface area contributed by atoms with Crippen LogP contribution in [0.2, 0.25) is 0 Å². The Morgan fingerprint density at radius 2 is 1.72 bits per heavy atom. The van der Waals surface area contributed by atoms with Crippen LogP contribution in [-0.2, 0) is 24.4 Å². The highest BCUT2D eigenvalue weighted by atomic mass is 19.3. The first kappa shape index (κ1) is 22.4. The maximum atomic E-state index is 12.6. The number of hydrogen-bond donors (Lipinski definition) is 2. The number of halogens is 2. The van der Waals surface area contributed by atoms with E-state index in [2.05, 4.69) is 20.4 Å². The van der Waals surface area contributed by atoms with Gasteiger partial charge in [0.25, 0.3) is 0 Å². The number of guanidine groups is 1. The van der Waals surface area contributed by atoms with Crippen LogP contribution < -0.4 is 20.1 Å². The Balaban J connectivity index is 1.93. The van der Waals surface area contributed by atoms with Crippen LogP contribution in [-0.4, -0.2) is 33.3 Å². The fraction of sp³-hybridized carbons (Fsp3) is 0.381. The van der Waals surface area contributed by atoms with Gasteiger partial charge in [0.05, 0.1) is 13.7 Å². The molecule has 2 rings (SSSR count). The van der Waals surface area contributed by atoms with Crippen LogP contribution in [0.25, 0.3) is 0 Å². The number of nitrogens with zero attached hydrogens (tertiary/aromatic N) is 1. The quantitative estimate of drug-likeness (QED) is 0.465. The molecule has 0 unspecified atom stereocenters. The summed E-state index contributed by atoms with van der Waals surface area (Å²) in [6, 6.07) is 12.8. The highest BCUT2D eigenvalue weighted by Crippen LogP contribution is 2.25. The van der Waals surface area contributed by atoms with Gasteiger partial charge in [-0.25, -0.2) is 0 Å². The molecule has 2 aromatic carbocycles. The summed E-state index contributed by atoms with van der Waals surface area (Å²) in [5, 5.41) is 6.29. The maximum absolute atomic E-state index is 12.6. The molecule has 0 heterocycles. The zero-order valence-corrected chi connectivity index (χ0v) is 16.9. The van der Waals surface area contributed by atoms with E-state index >= 15 is 0 Å². The van der Waals surface area contributed by atoms with Gasteiger partial charge in [0.1, 0.15) is 11.5 Å². The SMILES string of the molecule is CCOCc1ccc(CNC(=NC)NCc2cc(OC)ccc2OC(F)F)cc1. The van der Waals surface area contributed by atoms with Crippen molar-refractivity contribution in [3.8, 4) is 11.5 Å². The molecule has 0 fully saturated rings. The fourth-order valence-corrected chi connectivity index (χ4v) is 2.59. The summed E-state index contributed by atoms with van der Waals surface area (Å²) in [7, 11) is 3.16. The molecule has 0 aliphatic carbocycles. The van der Waals surface area contributed by atoms with Crippen LogP contribution in [0.15, 0.2) is 47.5 Å². The van der Waals surface area contributed by atoms with E-state index in [1.165, 1.54) is 13.2 Å². The molecule has 0 spiro atoms. The topological polar surface area (TPSA) is 64.1 Å². The number of methoxy groups -OCH3 is 1. The Kier molecular flexibility index (Phi) is 9.17. The van der Waals surface area contributed by atoms with Gasteiger partial charge < -0.3 is 24.8 Å². The van der Waals surface area contributed by atoms with Crippen LogP contribution in [0, 0.1) is 0 Å².